The van der Waals surface area contributed by atoms with Crippen LogP contribution in [0, 0.1) is 11.8 Å². The Hall–Kier alpha value is -0.340. The van der Waals surface area contributed by atoms with Crippen molar-refractivity contribution in [3.05, 3.63) is 22.4 Å². The zero-order valence-corrected chi connectivity index (χ0v) is 10.4. The van der Waals surface area contributed by atoms with Crippen molar-refractivity contribution in [1.29, 1.82) is 0 Å². The molecule has 0 unspecified atom stereocenters. The van der Waals surface area contributed by atoms with Crippen LogP contribution < -0.4 is 0 Å². The second kappa shape index (κ2) is 4.26. The Kier molecular flexibility index (Phi) is 3.17. The average molecular weight is 224 g/mol. The fraction of sp³-hybridized carbons (Fsp3) is 0.692. The summed E-state index contributed by atoms with van der Waals surface area (Å²) in [5, 5.41) is 12.3. The monoisotopic (exact) mass is 224 g/mol. The van der Waals surface area contributed by atoms with E-state index in [1.807, 2.05) is 0 Å². The molecule has 0 spiro atoms. The van der Waals surface area contributed by atoms with E-state index in [1.165, 1.54) is 4.88 Å². The molecule has 0 aliphatic heterocycles. The lowest BCUT2D eigenvalue weighted by Gasteiger charge is -2.46. The molecule has 0 atom stereocenters. The van der Waals surface area contributed by atoms with Crippen LogP contribution in [0.25, 0.3) is 0 Å². The predicted molar refractivity (Wildman–Crippen MR) is 65.2 cm³/mol. The van der Waals surface area contributed by atoms with Crippen LogP contribution in [0.1, 0.15) is 38.0 Å². The maximum absolute atomic E-state index is 10.2. The van der Waals surface area contributed by atoms with Gasteiger partial charge in [-0.15, -0.1) is 11.3 Å². The van der Waals surface area contributed by atoms with Crippen molar-refractivity contribution in [2.75, 3.05) is 0 Å². The number of aliphatic hydroxyl groups is 1. The van der Waals surface area contributed by atoms with Gasteiger partial charge in [-0.3, -0.25) is 0 Å². The summed E-state index contributed by atoms with van der Waals surface area (Å²) in [7, 11) is 0. The Morgan fingerprint density at radius 1 is 1.53 bits per heavy atom. The van der Waals surface area contributed by atoms with Gasteiger partial charge >= 0.3 is 0 Å². The van der Waals surface area contributed by atoms with E-state index in [9.17, 15) is 5.11 Å². The van der Waals surface area contributed by atoms with Gasteiger partial charge in [0.1, 0.15) is 0 Å². The van der Waals surface area contributed by atoms with Gasteiger partial charge in [0.15, 0.2) is 0 Å². The van der Waals surface area contributed by atoms with E-state index in [0.29, 0.717) is 0 Å². The number of hydrogen-bond donors (Lipinski definition) is 1. The molecule has 1 aliphatic carbocycles. The quantitative estimate of drug-likeness (QED) is 0.830. The molecule has 1 heterocycles. The van der Waals surface area contributed by atoms with Crippen LogP contribution in [0.2, 0.25) is 0 Å². The van der Waals surface area contributed by atoms with Crippen molar-refractivity contribution in [3.8, 4) is 0 Å². The van der Waals surface area contributed by atoms with Gasteiger partial charge in [-0.05, 0) is 49.0 Å². The Balaban J connectivity index is 1.77. The maximum atomic E-state index is 10.2. The van der Waals surface area contributed by atoms with Gasteiger partial charge in [0, 0.05) is 4.88 Å². The summed E-state index contributed by atoms with van der Waals surface area (Å²) in [6.07, 6.45) is 4.00. The molecule has 0 aromatic carbocycles. The van der Waals surface area contributed by atoms with Gasteiger partial charge in [0.25, 0.3) is 0 Å². The number of thiophene rings is 1. The summed E-state index contributed by atoms with van der Waals surface area (Å²) in [4.78, 5) is 1.40. The smallest absolute Gasteiger partial charge is 0.0656 e. The van der Waals surface area contributed by atoms with Crippen LogP contribution in [0.4, 0.5) is 0 Å². The standard InChI is InChI=1S/C13H20OS/c1-10(2)11-8-13(14,9-11)6-5-12-4-3-7-15-12/h3-4,7,10-11,14H,5-6,8-9H2,1-2H3. The first-order valence-corrected chi connectivity index (χ1v) is 6.72. The summed E-state index contributed by atoms with van der Waals surface area (Å²) < 4.78 is 0. The first kappa shape index (κ1) is 11.2. The lowest BCUT2D eigenvalue weighted by atomic mass is 9.64. The SMILES string of the molecule is CC(C)C1CC(O)(CCc2cccs2)C1. The third-order valence-corrected chi connectivity index (χ3v) is 4.58. The fourth-order valence-electron chi connectivity index (χ4n) is 2.40. The van der Waals surface area contributed by atoms with Gasteiger partial charge in [-0.2, -0.15) is 0 Å². The molecule has 15 heavy (non-hydrogen) atoms. The second-order valence-corrected chi connectivity index (χ2v) is 6.25. The Bertz CT molecular complexity index is 296. The lowest BCUT2D eigenvalue weighted by Crippen LogP contribution is -2.45. The number of aryl methyl sites for hydroxylation is 1. The number of rotatable bonds is 4. The minimum Gasteiger partial charge on any atom is -0.390 e. The third-order valence-electron chi connectivity index (χ3n) is 3.64. The Labute approximate surface area is 96.1 Å². The highest BCUT2D eigenvalue weighted by atomic mass is 32.1. The molecule has 1 fully saturated rings. The first-order chi connectivity index (χ1) is 7.09. The minimum absolute atomic E-state index is 0.348. The van der Waals surface area contributed by atoms with Crippen molar-refractivity contribution in [2.45, 2.75) is 45.1 Å². The fourth-order valence-corrected chi connectivity index (χ4v) is 3.11. The molecule has 2 heteroatoms. The van der Waals surface area contributed by atoms with Crippen molar-refractivity contribution in [1.82, 2.24) is 0 Å². The molecule has 1 aromatic heterocycles. The molecular formula is C13H20OS. The molecule has 0 amide bonds. The van der Waals surface area contributed by atoms with E-state index in [2.05, 4.69) is 31.4 Å². The van der Waals surface area contributed by atoms with Crippen LogP contribution in [0.3, 0.4) is 0 Å². The van der Waals surface area contributed by atoms with Gasteiger partial charge in [0.05, 0.1) is 5.60 Å². The summed E-state index contributed by atoms with van der Waals surface area (Å²) in [6.45, 7) is 4.51. The zero-order valence-electron chi connectivity index (χ0n) is 9.57. The van der Waals surface area contributed by atoms with E-state index in [4.69, 9.17) is 0 Å². The molecule has 1 N–H and O–H groups in total. The van der Waals surface area contributed by atoms with Gasteiger partial charge < -0.3 is 5.11 Å². The highest BCUT2D eigenvalue weighted by molar-refractivity contribution is 7.09. The van der Waals surface area contributed by atoms with E-state index in [-0.39, 0.29) is 5.60 Å². The van der Waals surface area contributed by atoms with Crippen LogP contribution in [-0.2, 0) is 6.42 Å². The molecule has 1 aromatic rings. The molecule has 0 bridgehead atoms. The number of hydrogen-bond acceptors (Lipinski definition) is 2. The normalized spacial score (nSPS) is 30.5. The van der Waals surface area contributed by atoms with E-state index >= 15 is 0 Å². The molecule has 1 nitrogen and oxygen atoms in total. The summed E-state index contributed by atoms with van der Waals surface area (Å²) in [6, 6.07) is 4.24. The van der Waals surface area contributed by atoms with E-state index < -0.39 is 0 Å². The third kappa shape index (κ3) is 2.61. The minimum atomic E-state index is -0.348. The van der Waals surface area contributed by atoms with Crippen LogP contribution in [0.5, 0.6) is 0 Å². The largest absolute Gasteiger partial charge is 0.390 e. The Morgan fingerprint density at radius 3 is 2.80 bits per heavy atom. The zero-order chi connectivity index (χ0) is 10.9. The summed E-state index contributed by atoms with van der Waals surface area (Å²) in [5.74, 6) is 1.48. The molecule has 2 rings (SSSR count). The van der Waals surface area contributed by atoms with Crippen molar-refractivity contribution in [2.24, 2.45) is 11.8 Å². The molecule has 0 radical (unpaired) electrons. The van der Waals surface area contributed by atoms with Crippen LogP contribution in [-0.4, -0.2) is 10.7 Å². The molecule has 84 valence electrons. The van der Waals surface area contributed by atoms with Crippen LogP contribution >= 0.6 is 11.3 Å². The topological polar surface area (TPSA) is 20.2 Å². The molecule has 1 saturated carbocycles. The first-order valence-electron chi connectivity index (χ1n) is 5.84. The molecule has 1 aliphatic rings. The van der Waals surface area contributed by atoms with Crippen LogP contribution in [0.15, 0.2) is 17.5 Å². The summed E-state index contributed by atoms with van der Waals surface area (Å²) >= 11 is 1.79. The van der Waals surface area contributed by atoms with E-state index in [0.717, 1.165) is 37.5 Å². The van der Waals surface area contributed by atoms with Crippen molar-refractivity contribution >= 4 is 11.3 Å². The van der Waals surface area contributed by atoms with Gasteiger partial charge in [-0.25, -0.2) is 0 Å². The van der Waals surface area contributed by atoms with Crippen molar-refractivity contribution in [3.63, 3.8) is 0 Å². The highest BCUT2D eigenvalue weighted by Gasteiger charge is 2.42. The maximum Gasteiger partial charge on any atom is 0.0656 e. The van der Waals surface area contributed by atoms with Gasteiger partial charge in [0.2, 0.25) is 0 Å². The lowest BCUT2D eigenvalue weighted by molar-refractivity contribution is -0.0919. The van der Waals surface area contributed by atoms with E-state index in [1.54, 1.807) is 11.3 Å². The van der Waals surface area contributed by atoms with Crippen molar-refractivity contribution < 1.29 is 5.11 Å². The predicted octanol–water partition coefficient (Wildman–Crippen LogP) is 3.48. The average Bonchev–Trinajstić information content (AvgIpc) is 2.62. The molecule has 0 saturated heterocycles. The molecular weight excluding hydrogens is 204 g/mol. The second-order valence-electron chi connectivity index (χ2n) is 5.22. The highest BCUT2D eigenvalue weighted by Crippen LogP contribution is 2.44. The summed E-state index contributed by atoms with van der Waals surface area (Å²) in [5.41, 5.74) is -0.348. The Morgan fingerprint density at radius 2 is 2.27 bits per heavy atom. The van der Waals surface area contributed by atoms with Gasteiger partial charge in [-0.1, -0.05) is 19.9 Å².